The topological polar surface area (TPSA) is 50.9 Å². The van der Waals surface area contributed by atoms with E-state index in [1.54, 1.807) is 0 Å². The second-order valence-corrected chi connectivity index (χ2v) is 5.18. The van der Waals surface area contributed by atoms with Gasteiger partial charge in [-0.2, -0.15) is 13.2 Å². The Labute approximate surface area is 126 Å². The molecule has 2 aromatic rings. The molecule has 3 N–H and O–H groups in total. The van der Waals surface area contributed by atoms with Gasteiger partial charge in [0.25, 0.3) is 0 Å². The fourth-order valence-corrected chi connectivity index (χ4v) is 2.34. The molecule has 0 aliphatic rings. The Hall–Kier alpha value is -1.51. The molecule has 0 aliphatic carbocycles. The summed E-state index contributed by atoms with van der Waals surface area (Å²) in [6.45, 7) is 0. The number of benzene rings is 1. The number of aromatic nitrogens is 1. The lowest BCUT2D eigenvalue weighted by molar-refractivity contribution is -0.138. The zero-order valence-electron chi connectivity index (χ0n) is 10.5. The molecule has 0 aliphatic heterocycles. The number of alkyl halides is 3. The van der Waals surface area contributed by atoms with Crippen molar-refractivity contribution in [3.63, 3.8) is 0 Å². The van der Waals surface area contributed by atoms with Crippen molar-refractivity contribution >= 4 is 15.9 Å². The van der Waals surface area contributed by atoms with Gasteiger partial charge in [0.05, 0.1) is 17.8 Å². The number of nitrogens with zero attached hydrogens (tertiary/aromatic N) is 1. The predicted molar refractivity (Wildman–Crippen MR) is 72.5 cm³/mol. The van der Waals surface area contributed by atoms with E-state index in [-0.39, 0.29) is 15.6 Å². The van der Waals surface area contributed by atoms with Crippen LogP contribution in [-0.2, 0) is 6.18 Å². The van der Waals surface area contributed by atoms with Gasteiger partial charge in [-0.15, -0.1) is 0 Å². The SMILES string of the molecule is NNC(c1cncc(F)c1)c1ccc(Br)cc1C(F)(F)F. The van der Waals surface area contributed by atoms with Crippen LogP contribution < -0.4 is 11.3 Å². The van der Waals surface area contributed by atoms with Crippen LogP contribution in [0.1, 0.15) is 22.7 Å². The standard InChI is InChI=1S/C13H10BrF4N3/c14-8-1-2-10(11(4-8)13(16,17)18)12(21-19)7-3-9(15)6-20-5-7/h1-6,12,21H,19H2. The summed E-state index contributed by atoms with van der Waals surface area (Å²) in [5.41, 5.74) is 1.50. The van der Waals surface area contributed by atoms with Gasteiger partial charge in [0, 0.05) is 10.7 Å². The molecule has 1 unspecified atom stereocenters. The van der Waals surface area contributed by atoms with Crippen molar-refractivity contribution in [2.24, 2.45) is 5.84 Å². The maximum absolute atomic E-state index is 13.2. The molecule has 0 saturated heterocycles. The quantitative estimate of drug-likeness (QED) is 0.498. The number of halogens is 5. The summed E-state index contributed by atoms with van der Waals surface area (Å²) in [4.78, 5) is 3.63. The van der Waals surface area contributed by atoms with Crippen LogP contribution in [0.15, 0.2) is 41.1 Å². The molecule has 3 nitrogen and oxygen atoms in total. The average Bonchev–Trinajstić information content (AvgIpc) is 2.40. The van der Waals surface area contributed by atoms with Crippen LogP contribution in [0.5, 0.6) is 0 Å². The van der Waals surface area contributed by atoms with Crippen LogP contribution in [-0.4, -0.2) is 4.98 Å². The first-order valence-electron chi connectivity index (χ1n) is 5.76. The molecule has 0 amide bonds. The fourth-order valence-electron chi connectivity index (χ4n) is 1.98. The predicted octanol–water partition coefficient (Wildman–Crippen LogP) is 3.55. The maximum atomic E-state index is 13.2. The van der Waals surface area contributed by atoms with E-state index >= 15 is 0 Å². The molecule has 21 heavy (non-hydrogen) atoms. The van der Waals surface area contributed by atoms with Crippen LogP contribution in [0.4, 0.5) is 17.6 Å². The normalized spacial score (nSPS) is 13.2. The Kier molecular flexibility index (Phi) is 4.60. The highest BCUT2D eigenvalue weighted by atomic mass is 79.9. The molecule has 0 fully saturated rings. The maximum Gasteiger partial charge on any atom is 0.416 e. The smallest absolute Gasteiger partial charge is 0.271 e. The number of nitrogens with one attached hydrogen (secondary N) is 1. The van der Waals surface area contributed by atoms with Gasteiger partial charge in [0.15, 0.2) is 0 Å². The van der Waals surface area contributed by atoms with Crippen molar-refractivity contribution in [2.45, 2.75) is 12.2 Å². The number of hydrogen-bond acceptors (Lipinski definition) is 3. The number of hydrazine groups is 1. The van der Waals surface area contributed by atoms with Crippen LogP contribution >= 0.6 is 15.9 Å². The van der Waals surface area contributed by atoms with E-state index in [0.29, 0.717) is 0 Å². The molecular formula is C13H10BrF4N3. The molecule has 1 atom stereocenters. The number of nitrogens with two attached hydrogens (primary N) is 1. The van der Waals surface area contributed by atoms with E-state index < -0.39 is 23.6 Å². The number of rotatable bonds is 3. The fraction of sp³-hybridized carbons (Fsp3) is 0.154. The third kappa shape index (κ3) is 3.58. The Bertz CT molecular complexity index is 646. The molecule has 1 heterocycles. The van der Waals surface area contributed by atoms with Crippen molar-refractivity contribution in [1.29, 1.82) is 0 Å². The minimum absolute atomic E-state index is 0.111. The highest BCUT2D eigenvalue weighted by molar-refractivity contribution is 9.10. The zero-order valence-corrected chi connectivity index (χ0v) is 12.0. The van der Waals surface area contributed by atoms with Gasteiger partial charge in [-0.05, 0) is 29.3 Å². The molecule has 1 aromatic carbocycles. The molecule has 1 aromatic heterocycles. The Morgan fingerprint density at radius 3 is 2.48 bits per heavy atom. The van der Waals surface area contributed by atoms with E-state index in [4.69, 9.17) is 5.84 Å². The molecule has 0 spiro atoms. The number of hydrogen-bond donors (Lipinski definition) is 2. The summed E-state index contributed by atoms with van der Waals surface area (Å²) in [5.74, 6) is 4.70. The molecule has 8 heteroatoms. The van der Waals surface area contributed by atoms with Crippen molar-refractivity contribution in [3.8, 4) is 0 Å². The molecule has 0 radical (unpaired) electrons. The first-order chi connectivity index (χ1) is 9.82. The third-order valence-corrected chi connectivity index (χ3v) is 3.35. The van der Waals surface area contributed by atoms with Gasteiger partial charge in [-0.1, -0.05) is 22.0 Å². The van der Waals surface area contributed by atoms with Crippen LogP contribution in [0, 0.1) is 5.82 Å². The summed E-state index contributed by atoms with van der Waals surface area (Å²) in [5, 5.41) is 0. The van der Waals surface area contributed by atoms with Gasteiger partial charge >= 0.3 is 6.18 Å². The molecule has 0 bridgehead atoms. The van der Waals surface area contributed by atoms with E-state index in [0.717, 1.165) is 18.3 Å². The molecular weight excluding hydrogens is 354 g/mol. The van der Waals surface area contributed by atoms with Crippen molar-refractivity contribution in [3.05, 3.63) is 63.6 Å². The lowest BCUT2D eigenvalue weighted by Gasteiger charge is -2.21. The minimum Gasteiger partial charge on any atom is -0.271 e. The van der Waals surface area contributed by atoms with Crippen LogP contribution in [0.3, 0.4) is 0 Å². The van der Waals surface area contributed by atoms with Crippen LogP contribution in [0.2, 0.25) is 0 Å². The first kappa shape index (κ1) is 15.9. The summed E-state index contributed by atoms with van der Waals surface area (Å²) in [6, 6.07) is 3.74. The van der Waals surface area contributed by atoms with Gasteiger partial charge < -0.3 is 0 Å². The van der Waals surface area contributed by atoms with Crippen LogP contribution in [0.25, 0.3) is 0 Å². The molecule has 2 rings (SSSR count). The van der Waals surface area contributed by atoms with Gasteiger partial charge in [0.1, 0.15) is 5.82 Å². The summed E-state index contributed by atoms with van der Waals surface area (Å²) < 4.78 is 52.9. The molecule has 0 saturated carbocycles. The summed E-state index contributed by atoms with van der Waals surface area (Å²) >= 11 is 3.00. The number of pyridine rings is 1. The average molecular weight is 364 g/mol. The molecule has 112 valence electrons. The van der Waals surface area contributed by atoms with E-state index in [9.17, 15) is 17.6 Å². The third-order valence-electron chi connectivity index (χ3n) is 2.86. The largest absolute Gasteiger partial charge is 0.416 e. The second-order valence-electron chi connectivity index (χ2n) is 4.27. The van der Waals surface area contributed by atoms with E-state index in [1.165, 1.54) is 18.3 Å². The summed E-state index contributed by atoms with van der Waals surface area (Å²) in [7, 11) is 0. The lowest BCUT2D eigenvalue weighted by atomic mass is 9.95. The minimum atomic E-state index is -4.56. The monoisotopic (exact) mass is 363 g/mol. The Morgan fingerprint density at radius 1 is 1.19 bits per heavy atom. The summed E-state index contributed by atoms with van der Waals surface area (Å²) in [6.07, 6.45) is -2.34. The van der Waals surface area contributed by atoms with Crippen molar-refractivity contribution in [2.75, 3.05) is 0 Å². The lowest BCUT2D eigenvalue weighted by Crippen LogP contribution is -2.30. The van der Waals surface area contributed by atoms with Gasteiger partial charge in [-0.3, -0.25) is 10.8 Å². The Morgan fingerprint density at radius 2 is 1.90 bits per heavy atom. The second kappa shape index (κ2) is 6.08. The first-order valence-corrected chi connectivity index (χ1v) is 6.55. The van der Waals surface area contributed by atoms with E-state index in [1.807, 2.05) is 0 Å². The zero-order chi connectivity index (χ0) is 15.6. The van der Waals surface area contributed by atoms with E-state index in [2.05, 4.69) is 26.3 Å². The van der Waals surface area contributed by atoms with Crippen molar-refractivity contribution in [1.82, 2.24) is 10.4 Å². The van der Waals surface area contributed by atoms with Crippen molar-refractivity contribution < 1.29 is 17.6 Å². The highest BCUT2D eigenvalue weighted by Crippen LogP contribution is 2.37. The van der Waals surface area contributed by atoms with Gasteiger partial charge in [-0.25, -0.2) is 9.82 Å². The Balaban J connectivity index is 2.58. The highest BCUT2D eigenvalue weighted by Gasteiger charge is 2.35. The van der Waals surface area contributed by atoms with Gasteiger partial charge in [0.2, 0.25) is 0 Å².